The summed E-state index contributed by atoms with van der Waals surface area (Å²) in [5.74, 6) is 1.66. The fourth-order valence-corrected chi connectivity index (χ4v) is 2.98. The minimum atomic E-state index is 0.373. The smallest absolute Gasteiger partial charge is 0.123 e. The molecule has 0 bridgehead atoms. The molecule has 0 heterocycles. The van der Waals surface area contributed by atoms with E-state index in [9.17, 15) is 0 Å². The summed E-state index contributed by atoms with van der Waals surface area (Å²) in [6.45, 7) is 4.65. The molecule has 1 aromatic carbocycles. The molecule has 2 nitrogen and oxygen atoms in total. The number of ether oxygens (including phenoxy) is 1. The number of rotatable bonds is 4. The highest BCUT2D eigenvalue weighted by Crippen LogP contribution is 2.58. The molecule has 1 saturated carbocycles. The summed E-state index contributed by atoms with van der Waals surface area (Å²) in [7, 11) is 3.76. The Bertz CT molecular complexity index is 417. The predicted molar refractivity (Wildman–Crippen MR) is 74.4 cm³/mol. The van der Waals surface area contributed by atoms with Gasteiger partial charge in [-0.1, -0.05) is 29.8 Å². The van der Waals surface area contributed by atoms with Crippen LogP contribution < -0.4 is 10.1 Å². The van der Waals surface area contributed by atoms with Crippen LogP contribution >= 0.6 is 15.9 Å². The van der Waals surface area contributed by atoms with Gasteiger partial charge in [0, 0.05) is 16.1 Å². The topological polar surface area (TPSA) is 21.3 Å². The predicted octanol–water partition coefficient (Wildman–Crippen LogP) is 3.76. The molecule has 2 rings (SSSR count). The van der Waals surface area contributed by atoms with Gasteiger partial charge in [-0.05, 0) is 43.0 Å². The highest BCUT2D eigenvalue weighted by atomic mass is 79.9. The molecular formula is C14H20BrNO. The molecule has 17 heavy (non-hydrogen) atoms. The van der Waals surface area contributed by atoms with Gasteiger partial charge in [-0.2, -0.15) is 0 Å². The Kier molecular flexibility index (Phi) is 3.50. The lowest BCUT2D eigenvalue weighted by Crippen LogP contribution is -2.21. The summed E-state index contributed by atoms with van der Waals surface area (Å²) in [5, 5.41) is 3.44. The van der Waals surface area contributed by atoms with Crippen molar-refractivity contribution >= 4 is 15.9 Å². The van der Waals surface area contributed by atoms with Gasteiger partial charge >= 0.3 is 0 Å². The van der Waals surface area contributed by atoms with E-state index in [0.717, 1.165) is 10.2 Å². The Labute approximate surface area is 112 Å². The maximum Gasteiger partial charge on any atom is 0.123 e. The van der Waals surface area contributed by atoms with Gasteiger partial charge in [0.1, 0.15) is 5.75 Å². The minimum Gasteiger partial charge on any atom is -0.496 e. The van der Waals surface area contributed by atoms with E-state index in [2.05, 4.69) is 41.2 Å². The summed E-state index contributed by atoms with van der Waals surface area (Å²) in [6.07, 6.45) is 1.27. The van der Waals surface area contributed by atoms with Gasteiger partial charge in [0.2, 0.25) is 0 Å². The minimum absolute atomic E-state index is 0.373. The van der Waals surface area contributed by atoms with Crippen molar-refractivity contribution in [1.29, 1.82) is 0 Å². The summed E-state index contributed by atoms with van der Waals surface area (Å²) < 4.78 is 6.57. The third kappa shape index (κ3) is 2.50. The van der Waals surface area contributed by atoms with Crippen LogP contribution in [0.4, 0.5) is 0 Å². The number of halogens is 1. The molecule has 0 aromatic heterocycles. The van der Waals surface area contributed by atoms with Gasteiger partial charge in [-0.25, -0.2) is 0 Å². The molecular weight excluding hydrogens is 278 g/mol. The van der Waals surface area contributed by atoms with Crippen molar-refractivity contribution < 1.29 is 4.74 Å². The molecule has 1 fully saturated rings. The van der Waals surface area contributed by atoms with Gasteiger partial charge in [0.15, 0.2) is 0 Å². The first-order chi connectivity index (χ1) is 7.99. The van der Waals surface area contributed by atoms with Crippen LogP contribution in [0.25, 0.3) is 0 Å². The first-order valence-corrected chi connectivity index (χ1v) is 6.79. The third-order valence-corrected chi connectivity index (χ3v) is 4.32. The second kappa shape index (κ2) is 4.62. The number of methoxy groups -OCH3 is 1. The van der Waals surface area contributed by atoms with E-state index >= 15 is 0 Å². The first-order valence-electron chi connectivity index (χ1n) is 6.00. The molecule has 2 atom stereocenters. The molecule has 0 spiro atoms. The van der Waals surface area contributed by atoms with Crippen LogP contribution in [0.5, 0.6) is 5.75 Å². The highest BCUT2D eigenvalue weighted by molar-refractivity contribution is 9.10. The van der Waals surface area contributed by atoms with Gasteiger partial charge in [-0.15, -0.1) is 0 Å². The number of nitrogens with one attached hydrogen (secondary N) is 1. The lowest BCUT2D eigenvalue weighted by atomic mass is 9.96. The normalized spacial score (nSPS) is 23.2. The fraction of sp³-hybridized carbons (Fsp3) is 0.571. The zero-order chi connectivity index (χ0) is 12.6. The summed E-state index contributed by atoms with van der Waals surface area (Å²) in [5.41, 5.74) is 1.70. The van der Waals surface area contributed by atoms with Crippen molar-refractivity contribution in [2.45, 2.75) is 26.3 Å². The van der Waals surface area contributed by atoms with Gasteiger partial charge in [-0.3, -0.25) is 0 Å². The number of hydrogen-bond acceptors (Lipinski definition) is 2. The van der Waals surface area contributed by atoms with E-state index in [4.69, 9.17) is 4.74 Å². The maximum atomic E-state index is 5.47. The number of benzene rings is 1. The highest BCUT2D eigenvalue weighted by Gasteiger charge is 2.50. The van der Waals surface area contributed by atoms with Crippen LogP contribution in [0, 0.1) is 11.3 Å². The van der Waals surface area contributed by atoms with Crippen LogP contribution in [0.1, 0.15) is 31.9 Å². The average molecular weight is 298 g/mol. The Balaban J connectivity index is 2.33. The van der Waals surface area contributed by atoms with E-state index in [1.54, 1.807) is 7.11 Å². The number of hydrogen-bond donors (Lipinski definition) is 1. The van der Waals surface area contributed by atoms with Crippen molar-refractivity contribution in [3.05, 3.63) is 28.2 Å². The van der Waals surface area contributed by atoms with Crippen molar-refractivity contribution in [3.8, 4) is 5.75 Å². The molecule has 1 aliphatic rings. The molecule has 3 heteroatoms. The van der Waals surface area contributed by atoms with Crippen molar-refractivity contribution in [2.24, 2.45) is 11.3 Å². The molecule has 94 valence electrons. The molecule has 0 amide bonds. The molecule has 2 unspecified atom stereocenters. The Morgan fingerprint density at radius 2 is 2.12 bits per heavy atom. The largest absolute Gasteiger partial charge is 0.496 e. The van der Waals surface area contributed by atoms with E-state index < -0.39 is 0 Å². The molecule has 0 aliphatic heterocycles. The van der Waals surface area contributed by atoms with Crippen molar-refractivity contribution in [1.82, 2.24) is 5.32 Å². The van der Waals surface area contributed by atoms with Crippen LogP contribution in [-0.2, 0) is 0 Å². The van der Waals surface area contributed by atoms with Gasteiger partial charge < -0.3 is 10.1 Å². The van der Waals surface area contributed by atoms with Gasteiger partial charge in [0.05, 0.1) is 7.11 Å². The first kappa shape index (κ1) is 12.9. The second-order valence-electron chi connectivity index (χ2n) is 5.45. The van der Waals surface area contributed by atoms with E-state index in [1.807, 2.05) is 19.2 Å². The zero-order valence-electron chi connectivity index (χ0n) is 10.9. The SMILES string of the molecule is CNC(c1cc(Br)ccc1OC)C1CC1(C)C. The van der Waals surface area contributed by atoms with Crippen LogP contribution in [-0.4, -0.2) is 14.2 Å². The lowest BCUT2D eigenvalue weighted by molar-refractivity contribution is 0.384. The zero-order valence-corrected chi connectivity index (χ0v) is 12.5. The molecule has 1 N–H and O–H groups in total. The van der Waals surface area contributed by atoms with E-state index in [1.165, 1.54) is 12.0 Å². The van der Waals surface area contributed by atoms with Crippen LogP contribution in [0.2, 0.25) is 0 Å². The fourth-order valence-electron chi connectivity index (χ4n) is 2.60. The van der Waals surface area contributed by atoms with Crippen molar-refractivity contribution in [3.63, 3.8) is 0 Å². The molecule has 1 aliphatic carbocycles. The standard InChI is InChI=1S/C14H20BrNO/c1-14(2)8-11(14)13(16-3)10-7-9(15)5-6-12(10)17-4/h5-7,11,13,16H,8H2,1-4H3. The second-order valence-corrected chi connectivity index (χ2v) is 6.37. The monoisotopic (exact) mass is 297 g/mol. The third-order valence-electron chi connectivity index (χ3n) is 3.83. The van der Waals surface area contributed by atoms with Gasteiger partial charge in [0.25, 0.3) is 0 Å². The van der Waals surface area contributed by atoms with E-state index in [-0.39, 0.29) is 0 Å². The summed E-state index contributed by atoms with van der Waals surface area (Å²) >= 11 is 3.54. The van der Waals surface area contributed by atoms with Crippen LogP contribution in [0.3, 0.4) is 0 Å². The Morgan fingerprint density at radius 3 is 2.59 bits per heavy atom. The summed E-state index contributed by atoms with van der Waals surface area (Å²) in [6, 6.07) is 6.58. The quantitative estimate of drug-likeness (QED) is 0.913. The molecule has 0 radical (unpaired) electrons. The van der Waals surface area contributed by atoms with E-state index in [0.29, 0.717) is 17.4 Å². The Hall–Kier alpha value is -0.540. The maximum absolute atomic E-state index is 5.47. The average Bonchev–Trinajstić information content (AvgIpc) is 2.89. The summed E-state index contributed by atoms with van der Waals surface area (Å²) in [4.78, 5) is 0. The van der Waals surface area contributed by atoms with Crippen molar-refractivity contribution in [2.75, 3.05) is 14.2 Å². The van der Waals surface area contributed by atoms with Crippen LogP contribution in [0.15, 0.2) is 22.7 Å². The lowest BCUT2D eigenvalue weighted by Gasteiger charge is -2.21. The molecule has 1 aromatic rings. The Morgan fingerprint density at radius 1 is 1.47 bits per heavy atom. The molecule has 0 saturated heterocycles.